The van der Waals surface area contributed by atoms with E-state index in [0.717, 1.165) is 31.6 Å². The van der Waals surface area contributed by atoms with E-state index in [0.29, 0.717) is 5.69 Å². The van der Waals surface area contributed by atoms with Crippen LogP contribution in [0.5, 0.6) is 0 Å². The molecule has 0 bridgehead atoms. The number of likely N-dealkylation sites (tertiary alicyclic amines) is 1. The van der Waals surface area contributed by atoms with Gasteiger partial charge in [0.2, 0.25) is 5.91 Å². The van der Waals surface area contributed by atoms with E-state index in [9.17, 15) is 14.0 Å². The number of hydrogen-bond acceptors (Lipinski definition) is 3. The van der Waals surface area contributed by atoms with E-state index in [1.54, 1.807) is 0 Å². The summed E-state index contributed by atoms with van der Waals surface area (Å²) in [5.74, 6) is -0.379. The van der Waals surface area contributed by atoms with Gasteiger partial charge in [0.1, 0.15) is 5.82 Å². The topological polar surface area (TPSA) is 73.5 Å². The summed E-state index contributed by atoms with van der Waals surface area (Å²) in [4.78, 5) is 26.7. The van der Waals surface area contributed by atoms with Crippen molar-refractivity contribution in [1.82, 2.24) is 10.2 Å². The number of benzene rings is 2. The van der Waals surface area contributed by atoms with Gasteiger partial charge in [-0.2, -0.15) is 0 Å². The predicted molar refractivity (Wildman–Crippen MR) is 108 cm³/mol. The SMILES string of the molecule is CC(C(=O)Nc1ccccc1)N1CCC(NC(=O)Nc2ccc(F)cc2)CC1. The van der Waals surface area contributed by atoms with Gasteiger partial charge >= 0.3 is 6.03 Å². The quantitative estimate of drug-likeness (QED) is 0.739. The van der Waals surface area contributed by atoms with Gasteiger partial charge in [0.05, 0.1) is 6.04 Å². The Bertz CT molecular complexity index is 790. The van der Waals surface area contributed by atoms with Crippen molar-refractivity contribution < 1.29 is 14.0 Å². The molecule has 3 amide bonds. The van der Waals surface area contributed by atoms with Crippen LogP contribution in [0.1, 0.15) is 19.8 Å². The molecule has 1 atom stereocenters. The second kappa shape index (κ2) is 9.32. The second-order valence-electron chi connectivity index (χ2n) is 6.95. The molecule has 3 N–H and O–H groups in total. The number of urea groups is 1. The fourth-order valence-corrected chi connectivity index (χ4v) is 3.25. The molecular formula is C21H25FN4O2. The van der Waals surface area contributed by atoms with Crippen LogP contribution in [-0.2, 0) is 4.79 Å². The first-order valence-electron chi connectivity index (χ1n) is 9.44. The molecule has 28 heavy (non-hydrogen) atoms. The number of amides is 3. The van der Waals surface area contributed by atoms with Gasteiger partial charge in [-0.3, -0.25) is 9.69 Å². The lowest BCUT2D eigenvalue weighted by Crippen LogP contribution is -2.51. The van der Waals surface area contributed by atoms with Crippen molar-refractivity contribution in [3.63, 3.8) is 0 Å². The molecule has 1 saturated heterocycles. The second-order valence-corrected chi connectivity index (χ2v) is 6.95. The Morgan fingerprint density at radius 2 is 1.57 bits per heavy atom. The van der Waals surface area contributed by atoms with Gasteiger partial charge in [0.25, 0.3) is 0 Å². The molecule has 6 nitrogen and oxygen atoms in total. The highest BCUT2D eigenvalue weighted by Gasteiger charge is 2.27. The van der Waals surface area contributed by atoms with Crippen LogP contribution >= 0.6 is 0 Å². The molecule has 3 rings (SSSR count). The van der Waals surface area contributed by atoms with Crippen LogP contribution in [-0.4, -0.2) is 42.0 Å². The summed E-state index contributed by atoms with van der Waals surface area (Å²) in [7, 11) is 0. The van der Waals surface area contributed by atoms with Crippen molar-refractivity contribution in [2.45, 2.75) is 31.8 Å². The van der Waals surface area contributed by atoms with E-state index >= 15 is 0 Å². The molecule has 0 aliphatic carbocycles. The molecule has 148 valence electrons. The van der Waals surface area contributed by atoms with Crippen molar-refractivity contribution in [3.05, 3.63) is 60.4 Å². The first kappa shape index (κ1) is 19.8. The van der Waals surface area contributed by atoms with E-state index < -0.39 is 0 Å². The van der Waals surface area contributed by atoms with E-state index in [1.165, 1.54) is 24.3 Å². The number of carbonyl (C=O) groups excluding carboxylic acids is 2. The molecule has 2 aromatic carbocycles. The van der Waals surface area contributed by atoms with E-state index in [-0.39, 0.29) is 29.8 Å². The maximum absolute atomic E-state index is 12.9. The fraction of sp³-hybridized carbons (Fsp3) is 0.333. The maximum atomic E-state index is 12.9. The Balaban J connectivity index is 1.42. The van der Waals surface area contributed by atoms with Crippen molar-refractivity contribution >= 4 is 23.3 Å². The van der Waals surface area contributed by atoms with E-state index in [4.69, 9.17) is 0 Å². The molecule has 0 aromatic heterocycles. The zero-order valence-electron chi connectivity index (χ0n) is 15.8. The number of nitrogens with one attached hydrogen (secondary N) is 3. The van der Waals surface area contributed by atoms with Gasteiger partial charge in [-0.1, -0.05) is 18.2 Å². The van der Waals surface area contributed by atoms with Crippen molar-refractivity contribution in [1.29, 1.82) is 0 Å². The Labute approximate surface area is 164 Å². The Morgan fingerprint density at radius 3 is 2.21 bits per heavy atom. The minimum atomic E-state index is -0.344. The Hall–Kier alpha value is -2.93. The predicted octanol–water partition coefficient (Wildman–Crippen LogP) is 3.44. The number of para-hydroxylation sites is 1. The lowest BCUT2D eigenvalue weighted by Gasteiger charge is -2.35. The third kappa shape index (κ3) is 5.53. The third-order valence-corrected chi connectivity index (χ3v) is 4.94. The molecule has 1 aliphatic heterocycles. The van der Waals surface area contributed by atoms with Crippen LogP contribution in [0, 0.1) is 5.82 Å². The number of nitrogens with zero attached hydrogens (tertiary/aromatic N) is 1. The summed E-state index contributed by atoms with van der Waals surface area (Å²) in [5.41, 5.74) is 1.33. The number of halogens is 1. The van der Waals surface area contributed by atoms with Crippen molar-refractivity contribution in [2.75, 3.05) is 23.7 Å². The summed E-state index contributed by atoms with van der Waals surface area (Å²) in [6.45, 7) is 3.35. The average molecular weight is 384 g/mol. The van der Waals surface area contributed by atoms with Gasteiger partial charge in [-0.15, -0.1) is 0 Å². The molecule has 2 aromatic rings. The van der Waals surface area contributed by atoms with Crippen molar-refractivity contribution in [2.24, 2.45) is 0 Å². The molecule has 1 aliphatic rings. The van der Waals surface area contributed by atoms with Crippen LogP contribution in [0.25, 0.3) is 0 Å². The summed E-state index contributed by atoms with van der Waals surface area (Å²) >= 11 is 0. The van der Waals surface area contributed by atoms with Gasteiger partial charge in [0, 0.05) is 30.5 Å². The zero-order valence-corrected chi connectivity index (χ0v) is 15.8. The summed E-state index contributed by atoms with van der Waals surface area (Å²) < 4.78 is 12.9. The summed E-state index contributed by atoms with van der Waals surface area (Å²) in [5, 5.41) is 8.57. The van der Waals surface area contributed by atoms with Crippen molar-refractivity contribution in [3.8, 4) is 0 Å². The zero-order chi connectivity index (χ0) is 19.9. The largest absolute Gasteiger partial charge is 0.335 e. The van der Waals surface area contributed by atoms with Gasteiger partial charge in [0.15, 0.2) is 0 Å². The number of carbonyl (C=O) groups is 2. The molecule has 1 fully saturated rings. The third-order valence-electron chi connectivity index (χ3n) is 4.94. The normalized spacial score (nSPS) is 16.2. The highest BCUT2D eigenvalue weighted by molar-refractivity contribution is 5.94. The van der Waals surface area contributed by atoms with Crippen LogP contribution in [0.2, 0.25) is 0 Å². The van der Waals surface area contributed by atoms with Crippen LogP contribution in [0.3, 0.4) is 0 Å². The Kier molecular flexibility index (Phi) is 6.60. The molecule has 1 heterocycles. The fourth-order valence-electron chi connectivity index (χ4n) is 3.25. The minimum Gasteiger partial charge on any atom is -0.335 e. The van der Waals surface area contributed by atoms with Crippen LogP contribution < -0.4 is 16.0 Å². The first-order chi connectivity index (χ1) is 13.5. The summed E-state index contributed by atoms with van der Waals surface area (Å²) in [6.07, 6.45) is 1.53. The lowest BCUT2D eigenvalue weighted by atomic mass is 10.0. The first-order valence-corrected chi connectivity index (χ1v) is 9.44. The standard InChI is InChI=1S/C21H25FN4O2/c1-15(20(27)23-17-5-3-2-4-6-17)26-13-11-19(12-14-26)25-21(28)24-18-9-7-16(22)8-10-18/h2-10,15,19H,11-14H2,1H3,(H,23,27)(H2,24,25,28). The highest BCUT2D eigenvalue weighted by Crippen LogP contribution is 2.16. The van der Waals surface area contributed by atoms with Gasteiger partial charge < -0.3 is 16.0 Å². The number of anilines is 2. The minimum absolute atomic E-state index is 0.0355. The number of rotatable bonds is 5. The Morgan fingerprint density at radius 1 is 0.964 bits per heavy atom. The molecule has 0 saturated carbocycles. The summed E-state index contributed by atoms with van der Waals surface area (Å²) in [6, 6.07) is 14.5. The number of hydrogen-bond donors (Lipinski definition) is 3. The molecule has 7 heteroatoms. The molecule has 0 spiro atoms. The molecular weight excluding hydrogens is 359 g/mol. The number of piperidine rings is 1. The van der Waals surface area contributed by atoms with E-state index in [2.05, 4.69) is 20.9 Å². The van der Waals surface area contributed by atoms with Crippen LogP contribution in [0.4, 0.5) is 20.6 Å². The van der Waals surface area contributed by atoms with Crippen LogP contribution in [0.15, 0.2) is 54.6 Å². The average Bonchev–Trinajstić information content (AvgIpc) is 2.70. The monoisotopic (exact) mass is 384 g/mol. The maximum Gasteiger partial charge on any atom is 0.319 e. The smallest absolute Gasteiger partial charge is 0.319 e. The molecule has 1 unspecified atom stereocenters. The molecule has 0 radical (unpaired) electrons. The van der Waals surface area contributed by atoms with Gasteiger partial charge in [-0.05, 0) is 56.2 Å². The van der Waals surface area contributed by atoms with Gasteiger partial charge in [-0.25, -0.2) is 9.18 Å². The van der Waals surface area contributed by atoms with E-state index in [1.807, 2.05) is 37.3 Å². The lowest BCUT2D eigenvalue weighted by molar-refractivity contribution is -0.121. The highest BCUT2D eigenvalue weighted by atomic mass is 19.1.